The fraction of sp³-hybridized carbons (Fsp3) is 0.312. The van der Waals surface area contributed by atoms with E-state index >= 15 is 0 Å². The number of carbonyl (C=O) groups excluding carboxylic acids is 2. The molecule has 0 aliphatic carbocycles. The smallest absolute Gasteiger partial charge is 0.269 e. The second-order valence-corrected chi connectivity index (χ2v) is 10.9. The molecule has 4 rings (SSSR count). The largest absolute Gasteiger partial charge is 0.378 e. The highest BCUT2D eigenvalue weighted by Gasteiger charge is 2.24. The van der Waals surface area contributed by atoms with Crippen molar-refractivity contribution < 1.29 is 14.5 Å². The normalized spacial score (nSPS) is 11.0. The van der Waals surface area contributed by atoms with Crippen LogP contribution < -0.4 is 4.90 Å². The van der Waals surface area contributed by atoms with Crippen LogP contribution in [0.25, 0.3) is 10.9 Å². The van der Waals surface area contributed by atoms with Crippen LogP contribution >= 0.6 is 0 Å². The molecule has 0 unspecified atom stereocenters. The molecule has 3 aromatic carbocycles. The number of nitrogens with one attached hydrogen (secondary N) is 1. The summed E-state index contributed by atoms with van der Waals surface area (Å²) in [6.07, 6.45) is 2.65. The first-order valence-electron chi connectivity index (χ1n) is 13.7. The van der Waals surface area contributed by atoms with Crippen molar-refractivity contribution in [3.63, 3.8) is 0 Å². The SMILES string of the molecule is CC(C)CN(CC(=O)N(CCc1c[nH]c2ccccc12)Cc1ccc(N(C)C)cc1)C(=O)c1ccc([N+](=O)[O-])cc1. The Morgan fingerprint density at radius 3 is 2.24 bits per heavy atom. The Labute approximate surface area is 240 Å². The van der Waals surface area contributed by atoms with E-state index in [0.29, 0.717) is 31.6 Å². The van der Waals surface area contributed by atoms with Gasteiger partial charge in [0.25, 0.3) is 11.6 Å². The van der Waals surface area contributed by atoms with Crippen molar-refractivity contribution in [3.05, 3.63) is 106 Å². The van der Waals surface area contributed by atoms with E-state index in [2.05, 4.69) is 11.1 Å². The number of nitro benzene ring substituents is 1. The van der Waals surface area contributed by atoms with Gasteiger partial charge in [-0.05, 0) is 53.8 Å². The van der Waals surface area contributed by atoms with Gasteiger partial charge >= 0.3 is 0 Å². The van der Waals surface area contributed by atoms with Crippen molar-refractivity contribution >= 4 is 34.1 Å². The van der Waals surface area contributed by atoms with E-state index in [1.54, 1.807) is 4.90 Å². The minimum Gasteiger partial charge on any atom is -0.378 e. The van der Waals surface area contributed by atoms with Gasteiger partial charge in [0.05, 0.1) is 4.92 Å². The van der Waals surface area contributed by atoms with E-state index in [1.165, 1.54) is 24.3 Å². The van der Waals surface area contributed by atoms with Crippen LogP contribution in [0.4, 0.5) is 11.4 Å². The van der Waals surface area contributed by atoms with Crippen molar-refractivity contribution in [3.8, 4) is 0 Å². The lowest BCUT2D eigenvalue weighted by atomic mass is 10.1. The lowest BCUT2D eigenvalue weighted by Gasteiger charge is -2.29. The standard InChI is InChI=1S/C32H37N5O4/c1-23(2)20-36(32(39)25-11-15-28(16-12-25)37(40)41)22-31(38)35(21-24-9-13-27(14-10-24)34(3)4)18-17-26-19-33-30-8-6-5-7-29(26)30/h5-16,19,23,33H,17-18,20-22H2,1-4H3. The molecule has 0 aliphatic heterocycles. The summed E-state index contributed by atoms with van der Waals surface area (Å²) in [5, 5.41) is 12.2. The Morgan fingerprint density at radius 2 is 1.61 bits per heavy atom. The van der Waals surface area contributed by atoms with Gasteiger partial charge in [-0.25, -0.2) is 0 Å². The minimum atomic E-state index is -0.500. The Bertz CT molecular complexity index is 1490. The maximum absolute atomic E-state index is 13.8. The van der Waals surface area contributed by atoms with Gasteiger partial charge in [-0.3, -0.25) is 19.7 Å². The highest BCUT2D eigenvalue weighted by Crippen LogP contribution is 2.20. The van der Waals surface area contributed by atoms with Crippen LogP contribution in [0.2, 0.25) is 0 Å². The molecule has 1 aromatic heterocycles. The Kier molecular flexibility index (Phi) is 9.39. The summed E-state index contributed by atoms with van der Waals surface area (Å²) in [5.41, 5.74) is 4.48. The van der Waals surface area contributed by atoms with E-state index in [-0.39, 0.29) is 30.0 Å². The lowest BCUT2D eigenvalue weighted by molar-refractivity contribution is -0.384. The zero-order chi connectivity index (χ0) is 29.5. The molecular weight excluding hydrogens is 518 g/mol. The number of para-hydroxylation sites is 1. The average molecular weight is 556 g/mol. The monoisotopic (exact) mass is 555 g/mol. The molecular formula is C32H37N5O4. The third-order valence-electron chi connectivity index (χ3n) is 7.03. The van der Waals surface area contributed by atoms with Crippen LogP contribution in [0.1, 0.15) is 35.3 Å². The second kappa shape index (κ2) is 13.1. The molecule has 0 saturated heterocycles. The topological polar surface area (TPSA) is 103 Å². The number of amides is 2. The van der Waals surface area contributed by atoms with Gasteiger partial charge in [-0.15, -0.1) is 0 Å². The third-order valence-corrected chi connectivity index (χ3v) is 7.03. The molecule has 41 heavy (non-hydrogen) atoms. The number of nitro groups is 1. The molecule has 4 aromatic rings. The van der Waals surface area contributed by atoms with Gasteiger partial charge in [-0.1, -0.05) is 44.2 Å². The quantitative estimate of drug-likeness (QED) is 0.183. The van der Waals surface area contributed by atoms with E-state index in [4.69, 9.17) is 0 Å². The van der Waals surface area contributed by atoms with Gasteiger partial charge in [0, 0.05) is 74.2 Å². The zero-order valence-electron chi connectivity index (χ0n) is 24.0. The second-order valence-electron chi connectivity index (χ2n) is 10.9. The molecule has 2 amide bonds. The van der Waals surface area contributed by atoms with Crippen molar-refractivity contribution in [2.24, 2.45) is 5.92 Å². The van der Waals surface area contributed by atoms with Crippen LogP contribution in [0.3, 0.4) is 0 Å². The summed E-state index contributed by atoms with van der Waals surface area (Å²) in [7, 11) is 3.97. The number of nitrogens with zero attached hydrogens (tertiary/aromatic N) is 4. The Balaban J connectivity index is 1.56. The van der Waals surface area contributed by atoms with Crippen LogP contribution in [-0.4, -0.2) is 65.3 Å². The van der Waals surface area contributed by atoms with Crippen molar-refractivity contribution in [1.29, 1.82) is 0 Å². The molecule has 0 atom stereocenters. The number of carbonyl (C=O) groups is 2. The molecule has 214 valence electrons. The number of aromatic amines is 1. The summed E-state index contributed by atoms with van der Waals surface area (Å²) in [6.45, 7) is 5.17. The number of hydrogen-bond acceptors (Lipinski definition) is 5. The Morgan fingerprint density at radius 1 is 0.927 bits per heavy atom. The molecule has 0 fully saturated rings. The summed E-state index contributed by atoms with van der Waals surface area (Å²) in [6, 6.07) is 21.7. The third kappa shape index (κ3) is 7.51. The number of aromatic nitrogens is 1. The molecule has 1 N–H and O–H groups in total. The molecule has 0 aliphatic rings. The average Bonchev–Trinajstić information content (AvgIpc) is 3.37. The van der Waals surface area contributed by atoms with Crippen molar-refractivity contribution in [1.82, 2.24) is 14.8 Å². The van der Waals surface area contributed by atoms with Gasteiger partial charge in [0.15, 0.2) is 0 Å². The summed E-state index contributed by atoms with van der Waals surface area (Å²) >= 11 is 0. The van der Waals surface area contributed by atoms with Gasteiger partial charge < -0.3 is 19.7 Å². The predicted molar refractivity (Wildman–Crippen MR) is 162 cm³/mol. The van der Waals surface area contributed by atoms with Crippen LogP contribution in [0, 0.1) is 16.0 Å². The summed E-state index contributed by atoms with van der Waals surface area (Å²) in [4.78, 5) is 46.5. The van der Waals surface area contributed by atoms with Crippen LogP contribution in [0.5, 0.6) is 0 Å². The number of non-ortho nitro benzene ring substituents is 1. The summed E-state index contributed by atoms with van der Waals surface area (Å²) < 4.78 is 0. The molecule has 1 heterocycles. The van der Waals surface area contributed by atoms with Gasteiger partial charge in [0.2, 0.25) is 5.91 Å². The zero-order valence-corrected chi connectivity index (χ0v) is 24.0. The number of anilines is 1. The number of fused-ring (bicyclic) bond motifs is 1. The van der Waals surface area contributed by atoms with Crippen LogP contribution in [-0.2, 0) is 17.8 Å². The fourth-order valence-corrected chi connectivity index (χ4v) is 4.84. The number of rotatable bonds is 12. The van der Waals surface area contributed by atoms with Gasteiger partial charge in [-0.2, -0.15) is 0 Å². The molecule has 0 bridgehead atoms. The van der Waals surface area contributed by atoms with E-state index in [9.17, 15) is 19.7 Å². The first-order valence-corrected chi connectivity index (χ1v) is 13.7. The predicted octanol–water partition coefficient (Wildman–Crippen LogP) is 5.51. The number of H-pyrrole nitrogens is 1. The highest BCUT2D eigenvalue weighted by molar-refractivity contribution is 5.96. The minimum absolute atomic E-state index is 0.0856. The first kappa shape index (κ1) is 29.3. The van der Waals surface area contributed by atoms with Crippen molar-refractivity contribution in [2.45, 2.75) is 26.8 Å². The summed E-state index contributed by atoms with van der Waals surface area (Å²) in [5.74, 6) is -0.352. The maximum atomic E-state index is 13.8. The molecule has 0 radical (unpaired) electrons. The number of hydrogen-bond donors (Lipinski definition) is 1. The van der Waals surface area contributed by atoms with E-state index < -0.39 is 4.92 Å². The first-order chi connectivity index (χ1) is 19.6. The van der Waals surface area contributed by atoms with E-state index in [0.717, 1.165) is 27.7 Å². The lowest BCUT2D eigenvalue weighted by Crippen LogP contribution is -2.44. The Hall–Kier alpha value is -4.66. The number of benzene rings is 3. The van der Waals surface area contributed by atoms with E-state index in [1.807, 2.05) is 86.4 Å². The molecule has 9 heteroatoms. The highest BCUT2D eigenvalue weighted by atomic mass is 16.6. The van der Waals surface area contributed by atoms with Gasteiger partial charge in [0.1, 0.15) is 6.54 Å². The van der Waals surface area contributed by atoms with Crippen LogP contribution in [0.15, 0.2) is 79.0 Å². The fourth-order valence-electron chi connectivity index (χ4n) is 4.84. The molecule has 0 saturated carbocycles. The van der Waals surface area contributed by atoms with Crippen molar-refractivity contribution in [2.75, 3.05) is 38.6 Å². The maximum Gasteiger partial charge on any atom is 0.269 e. The molecule has 9 nitrogen and oxygen atoms in total. The molecule has 0 spiro atoms.